The zero-order valence-corrected chi connectivity index (χ0v) is 25.5. The Morgan fingerprint density at radius 2 is 1.50 bits per heavy atom. The number of rotatable bonds is 9. The fraction of sp³-hybridized carbons (Fsp3) is 0.867. The second kappa shape index (κ2) is 21.3. The number of hydrazine groups is 1. The topological polar surface area (TPSA) is 166 Å². The molecule has 3 rings (SSSR count). The van der Waals surface area contributed by atoms with Crippen LogP contribution < -0.4 is 16.9 Å². The van der Waals surface area contributed by atoms with Gasteiger partial charge in [0.15, 0.2) is 0 Å². The SMILES string of the molecule is BrCCBr.CCN1NN=NC1OCCBr.CCn1nn[nH]c1=O.CCn1nnn(CCBr)c1=O. The summed E-state index contributed by atoms with van der Waals surface area (Å²) in [6.45, 7) is 8.85. The molecule has 196 valence electrons. The lowest BCUT2D eigenvalue weighted by Crippen LogP contribution is -2.38. The third kappa shape index (κ3) is 13.2. The van der Waals surface area contributed by atoms with Crippen molar-refractivity contribution in [3.8, 4) is 0 Å². The van der Waals surface area contributed by atoms with Gasteiger partial charge in [-0.25, -0.2) is 20.2 Å². The number of halogens is 4. The Morgan fingerprint density at radius 3 is 1.91 bits per heavy atom. The molecule has 0 amide bonds. The monoisotopic (exact) mass is 742 g/mol. The molecule has 0 fully saturated rings. The van der Waals surface area contributed by atoms with E-state index in [0.717, 1.165) is 27.9 Å². The van der Waals surface area contributed by atoms with E-state index in [-0.39, 0.29) is 17.7 Å². The van der Waals surface area contributed by atoms with E-state index < -0.39 is 0 Å². The zero-order chi connectivity index (χ0) is 25.8. The number of tetrazole rings is 2. The molecule has 2 aromatic heterocycles. The van der Waals surface area contributed by atoms with Gasteiger partial charge in [0.2, 0.25) is 6.35 Å². The summed E-state index contributed by atoms with van der Waals surface area (Å²) >= 11 is 12.9. The van der Waals surface area contributed by atoms with Gasteiger partial charge in [0.1, 0.15) is 0 Å². The van der Waals surface area contributed by atoms with Crippen LogP contribution in [0.2, 0.25) is 0 Å². The molecule has 0 bridgehead atoms. The van der Waals surface area contributed by atoms with Crippen molar-refractivity contribution in [2.45, 2.75) is 46.8 Å². The standard InChI is InChI=1S/C5H9BrN4O.C5H11BrN4O.C3H6N4O.C2H4Br2/c1-2-9-5(11)10(4-3-6)8-7-9;1-2-10-5(7-8-9-10)11-4-3-6;1-2-7-3(8)4-5-6-7;3-1-2-4/h2-4H2,1H3;5H,2-4H2,1H3,(H,7,9);2H2,1H3,(H,4,6,8);1-2H2. The number of hydrogen-bond acceptors (Lipinski definition) is 11. The summed E-state index contributed by atoms with van der Waals surface area (Å²) in [6, 6.07) is 0. The number of alkyl halides is 4. The molecule has 1 unspecified atom stereocenters. The van der Waals surface area contributed by atoms with E-state index in [4.69, 9.17) is 4.74 Å². The minimum atomic E-state index is -0.257. The first kappa shape index (κ1) is 33.0. The number of nitrogens with one attached hydrogen (secondary N) is 2. The molecule has 0 radical (unpaired) electrons. The number of aryl methyl sites for hydroxylation is 3. The molecular formula is C15H30Br4N12O3. The van der Waals surface area contributed by atoms with Gasteiger partial charge in [0.05, 0.1) is 13.2 Å². The first-order valence-electron chi connectivity index (χ1n) is 10.2. The molecule has 0 saturated carbocycles. The van der Waals surface area contributed by atoms with Gasteiger partial charge in [0, 0.05) is 41.0 Å². The molecule has 2 N–H and O–H groups in total. The van der Waals surface area contributed by atoms with E-state index in [1.807, 2.05) is 25.8 Å². The number of H-pyrrole nitrogens is 1. The molecule has 1 aliphatic rings. The Labute approximate surface area is 230 Å². The van der Waals surface area contributed by atoms with E-state index in [1.54, 1.807) is 0 Å². The maximum Gasteiger partial charge on any atom is 0.363 e. The summed E-state index contributed by atoms with van der Waals surface area (Å²) in [5, 5.41) is 29.1. The first-order chi connectivity index (χ1) is 16.4. The number of hydrogen-bond donors (Lipinski definition) is 2. The van der Waals surface area contributed by atoms with Crippen molar-refractivity contribution < 1.29 is 4.74 Å². The highest BCUT2D eigenvalue weighted by atomic mass is 79.9. The van der Waals surface area contributed by atoms with Gasteiger partial charge < -0.3 is 4.74 Å². The van der Waals surface area contributed by atoms with Crippen LogP contribution in [0.15, 0.2) is 19.9 Å². The van der Waals surface area contributed by atoms with Crippen molar-refractivity contribution >= 4 is 63.7 Å². The average molecular weight is 746 g/mol. The van der Waals surface area contributed by atoms with Crippen molar-refractivity contribution in [2.75, 3.05) is 34.5 Å². The van der Waals surface area contributed by atoms with Crippen LogP contribution in [-0.4, -0.2) is 85.8 Å². The summed E-state index contributed by atoms with van der Waals surface area (Å²) in [6.07, 6.45) is -0.252. The molecule has 1 aliphatic heterocycles. The molecule has 1 atom stereocenters. The molecule has 0 spiro atoms. The van der Waals surface area contributed by atoms with Crippen LogP contribution in [-0.2, 0) is 24.4 Å². The molecule has 34 heavy (non-hydrogen) atoms. The molecule has 2 aromatic rings. The molecule has 19 heteroatoms. The van der Waals surface area contributed by atoms with E-state index >= 15 is 0 Å². The average Bonchev–Trinajstić information content (AvgIpc) is 3.59. The second-order valence-corrected chi connectivity index (χ2v) is 8.85. The Bertz CT molecular complexity index is 884. The van der Waals surface area contributed by atoms with Crippen LogP contribution in [0.4, 0.5) is 0 Å². The number of aromatic amines is 1. The van der Waals surface area contributed by atoms with Crippen LogP contribution in [0.5, 0.6) is 0 Å². The van der Waals surface area contributed by atoms with Crippen LogP contribution in [0, 0.1) is 0 Å². The van der Waals surface area contributed by atoms with E-state index in [2.05, 4.69) is 106 Å². The second-order valence-electron chi connectivity index (χ2n) is 5.68. The van der Waals surface area contributed by atoms with Crippen molar-refractivity contribution in [1.29, 1.82) is 0 Å². The summed E-state index contributed by atoms with van der Waals surface area (Å²) in [4.78, 5) is 21.6. The van der Waals surface area contributed by atoms with Gasteiger partial charge in [-0.3, -0.25) is 0 Å². The van der Waals surface area contributed by atoms with E-state index in [9.17, 15) is 9.59 Å². The fourth-order valence-electron chi connectivity index (χ4n) is 1.89. The number of aromatic nitrogens is 8. The lowest BCUT2D eigenvalue weighted by molar-refractivity contribution is -0.0480. The highest BCUT2D eigenvalue weighted by molar-refractivity contribution is 9.12. The predicted molar refractivity (Wildman–Crippen MR) is 142 cm³/mol. The lowest BCUT2D eigenvalue weighted by Gasteiger charge is -2.17. The molecule has 0 aromatic carbocycles. The molecule has 0 saturated heterocycles. The van der Waals surface area contributed by atoms with Crippen LogP contribution in [0.1, 0.15) is 20.8 Å². The van der Waals surface area contributed by atoms with Gasteiger partial charge in [-0.05, 0) is 34.7 Å². The smallest absolute Gasteiger partial charge is 0.340 e. The Morgan fingerprint density at radius 1 is 0.853 bits per heavy atom. The number of ether oxygens (including phenoxy) is 1. The summed E-state index contributed by atoms with van der Waals surface area (Å²) < 4.78 is 9.20. The highest BCUT2D eigenvalue weighted by Gasteiger charge is 2.20. The van der Waals surface area contributed by atoms with Crippen LogP contribution in [0.25, 0.3) is 0 Å². The normalized spacial score (nSPS) is 14.3. The Hall–Kier alpha value is -1.02. The van der Waals surface area contributed by atoms with Crippen LogP contribution in [0.3, 0.4) is 0 Å². The summed E-state index contributed by atoms with van der Waals surface area (Å²) in [7, 11) is 0. The summed E-state index contributed by atoms with van der Waals surface area (Å²) in [5.41, 5.74) is 2.31. The van der Waals surface area contributed by atoms with Gasteiger partial charge in [-0.1, -0.05) is 75.9 Å². The predicted octanol–water partition coefficient (Wildman–Crippen LogP) is 1.51. The van der Waals surface area contributed by atoms with Crippen molar-refractivity contribution in [1.82, 2.24) is 50.5 Å². The van der Waals surface area contributed by atoms with Crippen molar-refractivity contribution in [3.05, 3.63) is 21.0 Å². The summed E-state index contributed by atoms with van der Waals surface area (Å²) in [5.74, 6) is 0. The fourth-order valence-corrected chi connectivity index (χ4v) is 2.42. The zero-order valence-electron chi connectivity index (χ0n) is 19.2. The molecule has 0 aliphatic carbocycles. The van der Waals surface area contributed by atoms with Crippen molar-refractivity contribution in [2.24, 2.45) is 10.3 Å². The minimum absolute atomic E-state index is 0.146. The third-order valence-electron chi connectivity index (χ3n) is 3.48. The minimum Gasteiger partial charge on any atom is -0.340 e. The van der Waals surface area contributed by atoms with Gasteiger partial charge in [-0.15, -0.1) is 5.11 Å². The quantitative estimate of drug-likeness (QED) is 0.362. The number of nitrogens with zero attached hydrogens (tertiary/aromatic N) is 10. The van der Waals surface area contributed by atoms with Crippen LogP contribution >= 0.6 is 63.7 Å². The largest absolute Gasteiger partial charge is 0.363 e. The molecule has 3 heterocycles. The van der Waals surface area contributed by atoms with E-state index in [0.29, 0.717) is 26.2 Å². The molecular weight excluding hydrogens is 716 g/mol. The maximum absolute atomic E-state index is 11.2. The van der Waals surface area contributed by atoms with Crippen molar-refractivity contribution in [3.63, 3.8) is 0 Å². The Kier molecular flexibility index (Phi) is 20.6. The first-order valence-corrected chi connectivity index (χ1v) is 14.7. The highest BCUT2D eigenvalue weighted by Crippen LogP contribution is 2.06. The maximum atomic E-state index is 11.2. The van der Waals surface area contributed by atoms with E-state index in [1.165, 1.54) is 14.0 Å². The van der Waals surface area contributed by atoms with Gasteiger partial charge in [-0.2, -0.15) is 19.1 Å². The van der Waals surface area contributed by atoms with Gasteiger partial charge in [0.25, 0.3) is 0 Å². The lowest BCUT2D eigenvalue weighted by atomic mass is 10.7. The van der Waals surface area contributed by atoms with Gasteiger partial charge >= 0.3 is 11.4 Å². The molecule has 15 nitrogen and oxygen atoms in total. The third-order valence-corrected chi connectivity index (χ3v) is 6.01. The Balaban J connectivity index is 0.000000450.